The number of methoxy groups -OCH3 is 2. The van der Waals surface area contributed by atoms with Crippen molar-refractivity contribution in [2.75, 3.05) is 39.2 Å². The molecule has 1 unspecified atom stereocenters. The number of benzene rings is 1. The Hall–Kier alpha value is -2.65. The van der Waals surface area contributed by atoms with Crippen molar-refractivity contribution in [3.05, 3.63) is 35.3 Å². The molecule has 2 amide bonds. The van der Waals surface area contributed by atoms with Gasteiger partial charge in [0.25, 0.3) is 5.91 Å². The summed E-state index contributed by atoms with van der Waals surface area (Å²) in [6.07, 6.45) is 3.33. The van der Waals surface area contributed by atoms with Crippen LogP contribution in [-0.2, 0) is 9.53 Å². The molecular formula is C19H23N3O5S. The fourth-order valence-corrected chi connectivity index (χ4v) is 3.56. The van der Waals surface area contributed by atoms with Gasteiger partial charge in [0.05, 0.1) is 25.9 Å². The first-order valence-electron chi connectivity index (χ1n) is 8.93. The van der Waals surface area contributed by atoms with Crippen LogP contribution in [0.5, 0.6) is 11.5 Å². The predicted octanol–water partition coefficient (Wildman–Crippen LogP) is 2.42. The highest BCUT2D eigenvalue weighted by Crippen LogP contribution is 2.26. The molecule has 2 aromatic rings. The van der Waals surface area contributed by atoms with Crippen LogP contribution in [0.3, 0.4) is 0 Å². The highest BCUT2D eigenvalue weighted by Gasteiger charge is 2.27. The first-order chi connectivity index (χ1) is 13.6. The molecule has 150 valence electrons. The first kappa shape index (κ1) is 20.1. The van der Waals surface area contributed by atoms with E-state index in [9.17, 15) is 9.59 Å². The van der Waals surface area contributed by atoms with Crippen molar-refractivity contribution < 1.29 is 23.8 Å². The van der Waals surface area contributed by atoms with Crippen molar-refractivity contribution >= 4 is 28.3 Å². The van der Waals surface area contributed by atoms with E-state index in [2.05, 4.69) is 10.3 Å². The van der Waals surface area contributed by atoms with Crippen LogP contribution in [-0.4, -0.2) is 61.7 Å². The monoisotopic (exact) mass is 405 g/mol. The van der Waals surface area contributed by atoms with E-state index in [0.29, 0.717) is 35.3 Å². The van der Waals surface area contributed by atoms with Crippen LogP contribution in [0.25, 0.3) is 0 Å². The minimum atomic E-state index is -0.311. The first-order valence-corrected chi connectivity index (χ1v) is 9.81. The Morgan fingerprint density at radius 3 is 2.86 bits per heavy atom. The number of hydrogen-bond donors (Lipinski definition) is 1. The van der Waals surface area contributed by atoms with Gasteiger partial charge < -0.3 is 24.4 Å². The van der Waals surface area contributed by atoms with E-state index in [1.54, 1.807) is 36.9 Å². The molecule has 0 spiro atoms. The lowest BCUT2D eigenvalue weighted by atomic mass is 10.1. The van der Waals surface area contributed by atoms with Crippen LogP contribution < -0.4 is 14.8 Å². The summed E-state index contributed by atoms with van der Waals surface area (Å²) in [5.41, 5.74) is 0.364. The highest BCUT2D eigenvalue weighted by molar-refractivity contribution is 7.13. The number of amides is 2. The highest BCUT2D eigenvalue weighted by atomic mass is 32.1. The number of aromatic nitrogens is 1. The Bertz CT molecular complexity index is 806. The summed E-state index contributed by atoms with van der Waals surface area (Å²) < 4.78 is 16.2. The van der Waals surface area contributed by atoms with Gasteiger partial charge in [0.1, 0.15) is 18.0 Å². The molecule has 3 rings (SSSR count). The van der Waals surface area contributed by atoms with Gasteiger partial charge in [0, 0.05) is 30.8 Å². The van der Waals surface area contributed by atoms with Gasteiger partial charge in [-0.25, -0.2) is 4.98 Å². The van der Waals surface area contributed by atoms with Crippen molar-refractivity contribution in [1.82, 2.24) is 9.88 Å². The second-order valence-electron chi connectivity index (χ2n) is 6.27. The van der Waals surface area contributed by atoms with Gasteiger partial charge in [-0.1, -0.05) is 0 Å². The topological polar surface area (TPSA) is 90.0 Å². The number of hydrogen-bond acceptors (Lipinski definition) is 7. The predicted molar refractivity (Wildman–Crippen MR) is 105 cm³/mol. The average molecular weight is 405 g/mol. The zero-order valence-corrected chi connectivity index (χ0v) is 16.7. The molecular weight excluding hydrogens is 382 g/mol. The normalized spacial score (nSPS) is 15.9. The lowest BCUT2D eigenvalue weighted by Gasteiger charge is -2.25. The van der Waals surface area contributed by atoms with E-state index in [-0.39, 0.29) is 24.5 Å². The standard InChI is InChI=1S/C19H23N3O5S/c1-25-13-5-6-15(16(10-13)26-2)18(24)22(11-14-4-3-8-27-14)12-17(23)21-19-20-7-9-28-19/h5-7,9-10,14H,3-4,8,11-12H2,1-2H3,(H,20,21,23). The van der Waals surface area contributed by atoms with Gasteiger partial charge in [0.2, 0.25) is 5.91 Å². The van der Waals surface area contributed by atoms with Gasteiger partial charge in [-0.15, -0.1) is 11.3 Å². The van der Waals surface area contributed by atoms with Crippen LogP contribution in [0.2, 0.25) is 0 Å². The SMILES string of the molecule is COc1ccc(C(=O)N(CC(=O)Nc2nccs2)CC2CCCO2)c(OC)c1. The van der Waals surface area contributed by atoms with E-state index >= 15 is 0 Å². The molecule has 8 nitrogen and oxygen atoms in total. The molecule has 1 aromatic heterocycles. The largest absolute Gasteiger partial charge is 0.497 e. The second-order valence-corrected chi connectivity index (χ2v) is 7.17. The fourth-order valence-electron chi connectivity index (χ4n) is 3.02. The van der Waals surface area contributed by atoms with E-state index in [4.69, 9.17) is 14.2 Å². The third-order valence-corrected chi connectivity index (χ3v) is 5.08. The van der Waals surface area contributed by atoms with Gasteiger partial charge in [0.15, 0.2) is 5.13 Å². The van der Waals surface area contributed by atoms with E-state index in [1.807, 2.05) is 0 Å². The van der Waals surface area contributed by atoms with Crippen LogP contribution in [0.1, 0.15) is 23.2 Å². The zero-order chi connectivity index (χ0) is 19.9. The molecule has 1 saturated heterocycles. The summed E-state index contributed by atoms with van der Waals surface area (Å²) in [4.78, 5) is 31.2. The molecule has 0 radical (unpaired) electrons. The molecule has 1 atom stereocenters. The third kappa shape index (κ3) is 4.99. The molecule has 1 aliphatic rings. The number of nitrogens with zero attached hydrogens (tertiary/aromatic N) is 2. The summed E-state index contributed by atoms with van der Waals surface area (Å²) in [6.45, 7) is 0.899. The maximum absolute atomic E-state index is 13.2. The molecule has 1 fully saturated rings. The van der Waals surface area contributed by atoms with Gasteiger partial charge in [-0.2, -0.15) is 0 Å². The zero-order valence-electron chi connectivity index (χ0n) is 15.8. The van der Waals surface area contributed by atoms with Gasteiger partial charge in [-0.3, -0.25) is 9.59 Å². The summed E-state index contributed by atoms with van der Waals surface area (Å²) in [5.74, 6) is 0.362. The summed E-state index contributed by atoms with van der Waals surface area (Å²) in [7, 11) is 3.04. The average Bonchev–Trinajstić information content (AvgIpc) is 3.40. The number of anilines is 1. The van der Waals surface area contributed by atoms with Crippen LogP contribution in [0.15, 0.2) is 29.8 Å². The van der Waals surface area contributed by atoms with Crippen LogP contribution >= 0.6 is 11.3 Å². The number of carbonyl (C=O) groups is 2. The summed E-state index contributed by atoms with van der Waals surface area (Å²) in [6, 6.07) is 4.98. The molecule has 0 bridgehead atoms. The molecule has 2 heterocycles. The fraction of sp³-hybridized carbons (Fsp3) is 0.421. The quantitative estimate of drug-likeness (QED) is 0.725. The Balaban J connectivity index is 1.78. The minimum Gasteiger partial charge on any atom is -0.497 e. The van der Waals surface area contributed by atoms with Crippen LogP contribution in [0, 0.1) is 0 Å². The maximum Gasteiger partial charge on any atom is 0.258 e. The lowest BCUT2D eigenvalue weighted by Crippen LogP contribution is -2.42. The maximum atomic E-state index is 13.2. The van der Waals surface area contributed by atoms with Crippen LogP contribution in [0.4, 0.5) is 5.13 Å². The van der Waals surface area contributed by atoms with Crippen molar-refractivity contribution in [3.63, 3.8) is 0 Å². The lowest BCUT2D eigenvalue weighted by molar-refractivity contribution is -0.117. The van der Waals surface area contributed by atoms with Crippen molar-refractivity contribution in [3.8, 4) is 11.5 Å². The molecule has 0 aliphatic carbocycles. The minimum absolute atomic E-state index is 0.0825. The Morgan fingerprint density at radius 2 is 2.21 bits per heavy atom. The molecule has 9 heteroatoms. The van der Waals surface area contributed by atoms with E-state index in [0.717, 1.165) is 12.8 Å². The third-order valence-electron chi connectivity index (χ3n) is 4.39. The Labute approximate surface area is 167 Å². The molecule has 1 aliphatic heterocycles. The van der Waals surface area contributed by atoms with E-state index in [1.165, 1.54) is 23.3 Å². The molecule has 1 N–H and O–H groups in total. The Kier molecular flexibility index (Phi) is 6.83. The number of ether oxygens (including phenoxy) is 3. The van der Waals surface area contributed by atoms with Crippen molar-refractivity contribution in [2.24, 2.45) is 0 Å². The summed E-state index contributed by atoms with van der Waals surface area (Å²) in [5, 5.41) is 4.98. The molecule has 28 heavy (non-hydrogen) atoms. The number of rotatable bonds is 8. The van der Waals surface area contributed by atoms with Crippen molar-refractivity contribution in [1.29, 1.82) is 0 Å². The van der Waals surface area contributed by atoms with E-state index < -0.39 is 0 Å². The number of thiazole rings is 1. The van der Waals surface area contributed by atoms with Gasteiger partial charge >= 0.3 is 0 Å². The summed E-state index contributed by atoms with van der Waals surface area (Å²) >= 11 is 1.32. The molecule has 0 saturated carbocycles. The molecule has 1 aromatic carbocycles. The second kappa shape index (κ2) is 9.52. The van der Waals surface area contributed by atoms with Gasteiger partial charge in [-0.05, 0) is 25.0 Å². The smallest absolute Gasteiger partial charge is 0.258 e. The Morgan fingerprint density at radius 1 is 1.36 bits per heavy atom. The number of nitrogens with one attached hydrogen (secondary N) is 1. The van der Waals surface area contributed by atoms with Crippen molar-refractivity contribution in [2.45, 2.75) is 18.9 Å². The number of carbonyl (C=O) groups excluding carboxylic acids is 2.